The summed E-state index contributed by atoms with van der Waals surface area (Å²) in [5.74, 6) is 1.14. The van der Waals surface area contributed by atoms with Crippen molar-refractivity contribution in [1.29, 1.82) is 0 Å². The molecule has 1 N–H and O–H groups in total. The highest BCUT2D eigenvalue weighted by Gasteiger charge is 2.25. The van der Waals surface area contributed by atoms with E-state index in [0.29, 0.717) is 0 Å². The minimum atomic E-state index is 0.00769. The molecule has 3 heterocycles. The molecule has 0 saturated carbocycles. The molecule has 0 fully saturated rings. The van der Waals surface area contributed by atoms with Crippen LogP contribution in [0.25, 0.3) is 0 Å². The van der Waals surface area contributed by atoms with Gasteiger partial charge in [-0.15, -0.1) is 0 Å². The van der Waals surface area contributed by atoms with Gasteiger partial charge in [-0.3, -0.25) is 9.48 Å². The topological polar surface area (TPSA) is 64.7 Å². The Morgan fingerprint density at radius 1 is 1.45 bits per heavy atom. The monoisotopic (exact) mass is 301 g/mol. The molecule has 0 bridgehead atoms. The molecule has 1 atom stereocenters. The fraction of sp³-hybridized carbons (Fsp3) is 0.562. The number of nitrogens with zero attached hydrogens (tertiary/aromatic N) is 4. The molecule has 22 heavy (non-hydrogen) atoms. The molecule has 6 nitrogen and oxygen atoms in total. The van der Waals surface area contributed by atoms with Crippen molar-refractivity contribution >= 4 is 5.91 Å². The van der Waals surface area contributed by atoms with E-state index in [2.05, 4.69) is 42.0 Å². The van der Waals surface area contributed by atoms with Crippen LogP contribution in [0.2, 0.25) is 0 Å². The summed E-state index contributed by atoms with van der Waals surface area (Å²) in [6, 6.07) is 1.98. The fourth-order valence-corrected chi connectivity index (χ4v) is 2.74. The van der Waals surface area contributed by atoms with E-state index in [4.69, 9.17) is 4.98 Å². The second-order valence-corrected chi connectivity index (χ2v) is 6.95. The Morgan fingerprint density at radius 3 is 2.95 bits per heavy atom. The summed E-state index contributed by atoms with van der Waals surface area (Å²) < 4.78 is 3.82. The van der Waals surface area contributed by atoms with E-state index in [1.807, 2.05) is 6.07 Å². The summed E-state index contributed by atoms with van der Waals surface area (Å²) >= 11 is 0. The third-order valence-electron chi connectivity index (χ3n) is 3.99. The van der Waals surface area contributed by atoms with Crippen LogP contribution >= 0.6 is 0 Å². The molecule has 1 aliphatic rings. The van der Waals surface area contributed by atoms with Crippen molar-refractivity contribution in [3.63, 3.8) is 0 Å². The average Bonchev–Trinajstić information content (AvgIpc) is 3.06. The molecule has 1 aliphatic heterocycles. The summed E-state index contributed by atoms with van der Waals surface area (Å²) in [5, 5.41) is 7.15. The molecule has 0 aliphatic carbocycles. The molecule has 118 valence electrons. The highest BCUT2D eigenvalue weighted by atomic mass is 16.2. The first-order valence-corrected chi connectivity index (χ1v) is 7.75. The van der Waals surface area contributed by atoms with Crippen LogP contribution in [-0.4, -0.2) is 31.3 Å². The number of hydrogen-bond acceptors (Lipinski definition) is 3. The molecule has 3 rings (SSSR count). The van der Waals surface area contributed by atoms with Gasteiger partial charge in [0.25, 0.3) is 0 Å². The lowest BCUT2D eigenvalue weighted by atomic mass is 9.93. The molecule has 1 amide bonds. The molecule has 6 heteroatoms. The normalized spacial score (nSPS) is 18.0. The Balaban J connectivity index is 1.62. The fourth-order valence-electron chi connectivity index (χ4n) is 2.74. The highest BCUT2D eigenvalue weighted by molar-refractivity contribution is 5.75. The van der Waals surface area contributed by atoms with Crippen LogP contribution < -0.4 is 5.32 Å². The minimum Gasteiger partial charge on any atom is -0.350 e. The van der Waals surface area contributed by atoms with Crippen molar-refractivity contribution in [2.24, 2.45) is 0 Å². The van der Waals surface area contributed by atoms with Crippen molar-refractivity contribution in [1.82, 2.24) is 24.6 Å². The van der Waals surface area contributed by atoms with Crippen LogP contribution in [0, 0.1) is 0 Å². The van der Waals surface area contributed by atoms with Crippen molar-refractivity contribution < 1.29 is 4.79 Å². The SMILES string of the molecule is CC(C)(C)c1cn2c(n1)CCC(NC(=O)Cn1cccn1)C2. The van der Waals surface area contributed by atoms with Gasteiger partial charge in [-0.05, 0) is 12.5 Å². The number of imidazole rings is 1. The third-order valence-corrected chi connectivity index (χ3v) is 3.99. The number of carbonyl (C=O) groups is 1. The average molecular weight is 301 g/mol. The maximum absolute atomic E-state index is 12.1. The lowest BCUT2D eigenvalue weighted by Crippen LogP contribution is -2.42. The van der Waals surface area contributed by atoms with E-state index in [1.54, 1.807) is 17.1 Å². The van der Waals surface area contributed by atoms with Gasteiger partial charge < -0.3 is 9.88 Å². The summed E-state index contributed by atoms with van der Waals surface area (Å²) in [4.78, 5) is 16.8. The Labute approximate surface area is 130 Å². The van der Waals surface area contributed by atoms with Crippen LogP contribution in [0.4, 0.5) is 0 Å². The van der Waals surface area contributed by atoms with Gasteiger partial charge in [-0.1, -0.05) is 20.8 Å². The number of carbonyl (C=O) groups excluding carboxylic acids is 1. The van der Waals surface area contributed by atoms with Gasteiger partial charge in [0.2, 0.25) is 5.91 Å². The molecule has 0 spiro atoms. The quantitative estimate of drug-likeness (QED) is 0.934. The maximum Gasteiger partial charge on any atom is 0.242 e. The molecule has 0 radical (unpaired) electrons. The van der Waals surface area contributed by atoms with Crippen molar-refractivity contribution in [2.45, 2.75) is 58.2 Å². The number of amides is 1. The van der Waals surface area contributed by atoms with Crippen LogP contribution in [0.1, 0.15) is 38.7 Å². The number of nitrogens with one attached hydrogen (secondary N) is 1. The first-order valence-electron chi connectivity index (χ1n) is 7.75. The van der Waals surface area contributed by atoms with Gasteiger partial charge in [-0.25, -0.2) is 4.98 Å². The van der Waals surface area contributed by atoms with Gasteiger partial charge in [0.05, 0.1) is 5.69 Å². The number of hydrogen-bond donors (Lipinski definition) is 1. The second-order valence-electron chi connectivity index (χ2n) is 6.95. The Hall–Kier alpha value is -2.11. The van der Waals surface area contributed by atoms with Crippen LogP contribution in [0.3, 0.4) is 0 Å². The summed E-state index contributed by atoms with van der Waals surface area (Å²) in [6.45, 7) is 7.58. The molecule has 2 aromatic heterocycles. The van der Waals surface area contributed by atoms with Crippen molar-refractivity contribution in [3.8, 4) is 0 Å². The van der Waals surface area contributed by atoms with Crippen molar-refractivity contribution in [3.05, 3.63) is 36.2 Å². The van der Waals surface area contributed by atoms with E-state index in [1.165, 1.54) is 0 Å². The largest absolute Gasteiger partial charge is 0.350 e. The van der Waals surface area contributed by atoms with Gasteiger partial charge in [0.15, 0.2) is 0 Å². The predicted octanol–water partition coefficient (Wildman–Crippen LogP) is 1.51. The summed E-state index contributed by atoms with van der Waals surface area (Å²) in [5.41, 5.74) is 1.18. The van der Waals surface area contributed by atoms with Gasteiger partial charge in [0, 0.05) is 43.0 Å². The number of rotatable bonds is 3. The minimum absolute atomic E-state index is 0.00769. The summed E-state index contributed by atoms with van der Waals surface area (Å²) in [7, 11) is 0. The van der Waals surface area contributed by atoms with Crippen LogP contribution in [0.15, 0.2) is 24.7 Å². The number of aromatic nitrogens is 4. The van der Waals surface area contributed by atoms with Gasteiger partial charge in [-0.2, -0.15) is 5.10 Å². The van der Waals surface area contributed by atoms with E-state index >= 15 is 0 Å². The second kappa shape index (κ2) is 5.59. The zero-order chi connectivity index (χ0) is 15.7. The first kappa shape index (κ1) is 14.8. The standard InChI is InChI=1S/C16H23N5O/c1-16(2,3)13-10-20-9-12(5-6-14(20)19-13)18-15(22)11-21-8-4-7-17-21/h4,7-8,10,12H,5-6,9,11H2,1-3H3,(H,18,22). The van der Waals surface area contributed by atoms with E-state index in [9.17, 15) is 4.79 Å². The van der Waals surface area contributed by atoms with Crippen molar-refractivity contribution in [2.75, 3.05) is 0 Å². The first-order chi connectivity index (χ1) is 10.4. The van der Waals surface area contributed by atoms with E-state index in [0.717, 1.165) is 30.9 Å². The molecular formula is C16H23N5O. The van der Waals surface area contributed by atoms with Crippen LogP contribution in [0.5, 0.6) is 0 Å². The van der Waals surface area contributed by atoms with Crippen LogP contribution in [-0.2, 0) is 29.7 Å². The zero-order valence-corrected chi connectivity index (χ0v) is 13.4. The zero-order valence-electron chi connectivity index (χ0n) is 13.4. The lowest BCUT2D eigenvalue weighted by Gasteiger charge is -2.24. The Bertz CT molecular complexity index is 651. The molecule has 2 aromatic rings. The highest BCUT2D eigenvalue weighted by Crippen LogP contribution is 2.24. The number of aryl methyl sites for hydroxylation is 1. The molecule has 0 aromatic carbocycles. The molecule has 1 unspecified atom stereocenters. The van der Waals surface area contributed by atoms with E-state index in [-0.39, 0.29) is 23.9 Å². The molecular weight excluding hydrogens is 278 g/mol. The smallest absolute Gasteiger partial charge is 0.242 e. The predicted molar refractivity (Wildman–Crippen MR) is 83.4 cm³/mol. The van der Waals surface area contributed by atoms with E-state index < -0.39 is 0 Å². The Morgan fingerprint density at radius 2 is 2.27 bits per heavy atom. The third kappa shape index (κ3) is 3.21. The van der Waals surface area contributed by atoms with Gasteiger partial charge in [0.1, 0.15) is 12.4 Å². The van der Waals surface area contributed by atoms with Gasteiger partial charge >= 0.3 is 0 Å². The lowest BCUT2D eigenvalue weighted by molar-refractivity contribution is -0.122. The maximum atomic E-state index is 12.1. The number of fused-ring (bicyclic) bond motifs is 1. The summed E-state index contributed by atoms with van der Waals surface area (Å²) in [6.07, 6.45) is 7.44. The Kier molecular flexibility index (Phi) is 3.76. The molecule has 0 saturated heterocycles.